The SMILES string of the molecule is Cc1cc(-c2nc3c(c(=O)[nH]2)COCC3)cc(C)n1. The summed E-state index contributed by atoms with van der Waals surface area (Å²) in [5, 5.41) is 0. The zero-order valence-corrected chi connectivity index (χ0v) is 11.0. The summed E-state index contributed by atoms with van der Waals surface area (Å²) in [5.41, 5.74) is 4.12. The van der Waals surface area contributed by atoms with Crippen LogP contribution >= 0.6 is 0 Å². The molecule has 2 aromatic heterocycles. The molecular formula is C14H15N3O2. The molecule has 1 N–H and O–H groups in total. The normalized spacial score (nSPS) is 14.2. The van der Waals surface area contributed by atoms with Crippen molar-refractivity contribution in [3.05, 3.63) is 45.1 Å². The molecule has 5 heteroatoms. The maximum absolute atomic E-state index is 12.0. The van der Waals surface area contributed by atoms with Gasteiger partial charge in [0.25, 0.3) is 5.56 Å². The van der Waals surface area contributed by atoms with Gasteiger partial charge < -0.3 is 9.72 Å². The van der Waals surface area contributed by atoms with Gasteiger partial charge in [0.05, 0.1) is 24.5 Å². The second-order valence-corrected chi connectivity index (χ2v) is 4.78. The van der Waals surface area contributed by atoms with E-state index >= 15 is 0 Å². The molecule has 3 heterocycles. The van der Waals surface area contributed by atoms with Gasteiger partial charge in [-0.1, -0.05) is 0 Å². The van der Waals surface area contributed by atoms with Gasteiger partial charge >= 0.3 is 0 Å². The molecule has 0 aromatic carbocycles. The first-order valence-corrected chi connectivity index (χ1v) is 6.29. The minimum absolute atomic E-state index is 0.105. The quantitative estimate of drug-likeness (QED) is 0.841. The predicted molar refractivity (Wildman–Crippen MR) is 70.9 cm³/mol. The fourth-order valence-electron chi connectivity index (χ4n) is 2.35. The van der Waals surface area contributed by atoms with Crippen molar-refractivity contribution in [1.29, 1.82) is 0 Å². The number of aromatic nitrogens is 3. The van der Waals surface area contributed by atoms with Gasteiger partial charge in [0.15, 0.2) is 0 Å². The highest BCUT2D eigenvalue weighted by Crippen LogP contribution is 2.18. The molecule has 0 aliphatic carbocycles. The molecule has 98 valence electrons. The first-order chi connectivity index (χ1) is 9.13. The van der Waals surface area contributed by atoms with Crippen LogP contribution in [0.1, 0.15) is 22.6 Å². The van der Waals surface area contributed by atoms with Gasteiger partial charge in [-0.25, -0.2) is 4.98 Å². The van der Waals surface area contributed by atoms with E-state index in [4.69, 9.17) is 4.74 Å². The number of H-pyrrole nitrogens is 1. The van der Waals surface area contributed by atoms with Crippen LogP contribution in [0.4, 0.5) is 0 Å². The third-order valence-corrected chi connectivity index (χ3v) is 3.19. The van der Waals surface area contributed by atoms with Gasteiger partial charge in [0.1, 0.15) is 5.82 Å². The second kappa shape index (κ2) is 4.59. The summed E-state index contributed by atoms with van der Waals surface area (Å²) in [6, 6.07) is 3.86. The molecule has 0 saturated heterocycles. The maximum Gasteiger partial charge on any atom is 0.256 e. The van der Waals surface area contributed by atoms with Crippen LogP contribution in [0.3, 0.4) is 0 Å². The molecule has 2 aromatic rings. The molecule has 0 saturated carbocycles. The topological polar surface area (TPSA) is 67.9 Å². The summed E-state index contributed by atoms with van der Waals surface area (Å²) in [7, 11) is 0. The lowest BCUT2D eigenvalue weighted by atomic mass is 10.1. The average Bonchev–Trinajstić information content (AvgIpc) is 2.37. The van der Waals surface area contributed by atoms with E-state index in [2.05, 4.69) is 15.0 Å². The van der Waals surface area contributed by atoms with Gasteiger partial charge in [-0.05, 0) is 26.0 Å². The van der Waals surface area contributed by atoms with Crippen molar-refractivity contribution in [2.24, 2.45) is 0 Å². The van der Waals surface area contributed by atoms with E-state index in [9.17, 15) is 4.79 Å². The fraction of sp³-hybridized carbons (Fsp3) is 0.357. The lowest BCUT2D eigenvalue weighted by molar-refractivity contribution is 0.108. The predicted octanol–water partition coefficient (Wildman–Crippen LogP) is 1.52. The number of aromatic amines is 1. The standard InChI is InChI=1S/C14H15N3O2/c1-8-5-10(6-9(2)15-8)13-16-12-3-4-19-7-11(12)14(18)17-13/h5-6H,3-4,7H2,1-2H3,(H,16,17,18). The molecule has 0 amide bonds. The van der Waals surface area contributed by atoms with E-state index in [0.29, 0.717) is 31.0 Å². The molecule has 5 nitrogen and oxygen atoms in total. The smallest absolute Gasteiger partial charge is 0.256 e. The van der Waals surface area contributed by atoms with Gasteiger partial charge in [0.2, 0.25) is 0 Å². The second-order valence-electron chi connectivity index (χ2n) is 4.78. The molecule has 19 heavy (non-hydrogen) atoms. The summed E-state index contributed by atoms with van der Waals surface area (Å²) in [6.07, 6.45) is 0.690. The van der Waals surface area contributed by atoms with Crippen LogP contribution in [0.15, 0.2) is 16.9 Å². The third kappa shape index (κ3) is 2.29. The number of fused-ring (bicyclic) bond motifs is 1. The largest absolute Gasteiger partial charge is 0.376 e. The highest BCUT2D eigenvalue weighted by atomic mass is 16.5. The van der Waals surface area contributed by atoms with Crippen molar-refractivity contribution in [3.8, 4) is 11.4 Å². The molecular weight excluding hydrogens is 242 g/mol. The number of aryl methyl sites for hydroxylation is 2. The van der Waals surface area contributed by atoms with Crippen LogP contribution in [0.25, 0.3) is 11.4 Å². The van der Waals surface area contributed by atoms with Crippen molar-refractivity contribution in [2.75, 3.05) is 6.61 Å². The summed E-state index contributed by atoms with van der Waals surface area (Å²) >= 11 is 0. The number of ether oxygens (including phenoxy) is 1. The zero-order chi connectivity index (χ0) is 13.4. The Bertz CT molecular complexity index is 671. The molecule has 1 aliphatic heterocycles. The monoisotopic (exact) mass is 257 g/mol. The average molecular weight is 257 g/mol. The van der Waals surface area contributed by atoms with E-state index in [0.717, 1.165) is 22.6 Å². The highest BCUT2D eigenvalue weighted by molar-refractivity contribution is 5.56. The number of rotatable bonds is 1. The minimum atomic E-state index is -0.105. The number of pyridine rings is 1. The summed E-state index contributed by atoms with van der Waals surface area (Å²) in [4.78, 5) is 23.8. The molecule has 0 bridgehead atoms. The first kappa shape index (κ1) is 12.0. The Morgan fingerprint density at radius 1 is 1.21 bits per heavy atom. The number of hydrogen-bond acceptors (Lipinski definition) is 4. The van der Waals surface area contributed by atoms with Crippen molar-refractivity contribution >= 4 is 0 Å². The van der Waals surface area contributed by atoms with E-state index in [-0.39, 0.29) is 5.56 Å². The molecule has 0 radical (unpaired) electrons. The Morgan fingerprint density at radius 3 is 2.68 bits per heavy atom. The third-order valence-electron chi connectivity index (χ3n) is 3.19. The van der Waals surface area contributed by atoms with Crippen LogP contribution in [-0.4, -0.2) is 21.6 Å². The van der Waals surface area contributed by atoms with Crippen LogP contribution in [-0.2, 0) is 17.8 Å². The molecule has 0 unspecified atom stereocenters. The summed E-state index contributed by atoms with van der Waals surface area (Å²) in [6.45, 7) is 4.84. The lowest BCUT2D eigenvalue weighted by Crippen LogP contribution is -2.24. The molecule has 3 rings (SSSR count). The van der Waals surface area contributed by atoms with Gasteiger partial charge in [-0.15, -0.1) is 0 Å². The number of nitrogens with zero attached hydrogens (tertiary/aromatic N) is 2. The maximum atomic E-state index is 12.0. The Morgan fingerprint density at radius 2 is 1.95 bits per heavy atom. The Labute approximate surface area is 110 Å². The van der Waals surface area contributed by atoms with Crippen molar-refractivity contribution in [3.63, 3.8) is 0 Å². The van der Waals surface area contributed by atoms with Crippen molar-refractivity contribution in [1.82, 2.24) is 15.0 Å². The van der Waals surface area contributed by atoms with E-state index in [1.807, 2.05) is 26.0 Å². The number of hydrogen-bond donors (Lipinski definition) is 1. The van der Waals surface area contributed by atoms with E-state index in [1.165, 1.54) is 0 Å². The highest BCUT2D eigenvalue weighted by Gasteiger charge is 2.16. The Kier molecular flexibility index (Phi) is 2.91. The summed E-state index contributed by atoms with van der Waals surface area (Å²) < 4.78 is 5.29. The molecule has 0 fully saturated rings. The number of nitrogens with one attached hydrogen (secondary N) is 1. The van der Waals surface area contributed by atoms with Gasteiger partial charge in [-0.2, -0.15) is 0 Å². The van der Waals surface area contributed by atoms with E-state index in [1.54, 1.807) is 0 Å². The van der Waals surface area contributed by atoms with E-state index < -0.39 is 0 Å². The molecule has 0 atom stereocenters. The molecule has 0 spiro atoms. The minimum Gasteiger partial charge on any atom is -0.376 e. The lowest BCUT2D eigenvalue weighted by Gasteiger charge is -2.15. The van der Waals surface area contributed by atoms with Crippen molar-refractivity contribution in [2.45, 2.75) is 26.9 Å². The van der Waals surface area contributed by atoms with Crippen LogP contribution < -0.4 is 5.56 Å². The van der Waals surface area contributed by atoms with Crippen molar-refractivity contribution < 1.29 is 4.74 Å². The van der Waals surface area contributed by atoms with Crippen LogP contribution in [0, 0.1) is 13.8 Å². The Balaban J connectivity index is 2.15. The van der Waals surface area contributed by atoms with Gasteiger partial charge in [-0.3, -0.25) is 9.78 Å². The first-order valence-electron chi connectivity index (χ1n) is 6.29. The summed E-state index contributed by atoms with van der Waals surface area (Å²) in [5.74, 6) is 0.610. The Hall–Kier alpha value is -2.01. The fourth-order valence-corrected chi connectivity index (χ4v) is 2.35. The molecule has 1 aliphatic rings. The van der Waals surface area contributed by atoms with Gasteiger partial charge in [0, 0.05) is 23.4 Å². The van der Waals surface area contributed by atoms with Crippen LogP contribution in [0.2, 0.25) is 0 Å². The van der Waals surface area contributed by atoms with Crippen LogP contribution in [0.5, 0.6) is 0 Å². The zero-order valence-electron chi connectivity index (χ0n) is 11.0.